The van der Waals surface area contributed by atoms with Gasteiger partial charge in [0.15, 0.2) is 6.10 Å². The van der Waals surface area contributed by atoms with Crippen molar-refractivity contribution in [2.24, 2.45) is 0 Å². The molecule has 5 rings (SSSR count). The molecule has 0 radical (unpaired) electrons. The average Bonchev–Trinajstić information content (AvgIpc) is 3.42. The van der Waals surface area contributed by atoms with Crippen LogP contribution in [0, 0.1) is 6.92 Å². The van der Waals surface area contributed by atoms with Gasteiger partial charge in [0.05, 0.1) is 17.0 Å². The molecule has 0 saturated carbocycles. The quantitative estimate of drug-likeness (QED) is 0.241. The predicted molar refractivity (Wildman–Crippen MR) is 150 cm³/mol. The van der Waals surface area contributed by atoms with Crippen LogP contribution in [0.25, 0.3) is 16.8 Å². The monoisotopic (exact) mass is 519 g/mol. The van der Waals surface area contributed by atoms with Crippen LogP contribution in [0.5, 0.6) is 0 Å². The number of benzene rings is 3. The van der Waals surface area contributed by atoms with Crippen LogP contribution in [0.2, 0.25) is 0 Å². The molecule has 1 atom stereocenters. The lowest BCUT2D eigenvalue weighted by atomic mass is 9.97. The highest BCUT2D eigenvalue weighted by atomic mass is 16.6. The summed E-state index contributed by atoms with van der Waals surface area (Å²) in [4.78, 5) is 29.5. The zero-order valence-electron chi connectivity index (χ0n) is 21.8. The fourth-order valence-corrected chi connectivity index (χ4v) is 4.63. The van der Waals surface area contributed by atoms with E-state index in [2.05, 4.69) is 12.2 Å². The van der Waals surface area contributed by atoms with E-state index in [1.54, 1.807) is 18.2 Å². The van der Waals surface area contributed by atoms with Crippen LogP contribution < -0.4 is 5.32 Å². The van der Waals surface area contributed by atoms with Gasteiger partial charge in [0, 0.05) is 12.7 Å². The van der Waals surface area contributed by atoms with Crippen molar-refractivity contribution in [1.82, 2.24) is 14.7 Å². The molecule has 1 amide bonds. The second kappa shape index (κ2) is 11.2. The molecule has 2 N–H and O–H groups in total. The highest BCUT2D eigenvalue weighted by Crippen LogP contribution is 2.31. The van der Waals surface area contributed by atoms with Gasteiger partial charge in [-0.15, -0.1) is 0 Å². The molecule has 196 valence electrons. The minimum Gasteiger partial charge on any atom is -0.478 e. The van der Waals surface area contributed by atoms with E-state index in [4.69, 9.17) is 9.72 Å². The highest BCUT2D eigenvalue weighted by Gasteiger charge is 2.23. The highest BCUT2D eigenvalue weighted by molar-refractivity contribution is 5.96. The van der Waals surface area contributed by atoms with Crippen molar-refractivity contribution in [2.75, 3.05) is 0 Å². The normalized spacial score (nSPS) is 11.7. The number of aromatic carboxylic acids is 1. The molecule has 0 unspecified atom stereocenters. The summed E-state index contributed by atoms with van der Waals surface area (Å²) in [5.41, 5.74) is 6.86. The molecular weight excluding hydrogens is 490 g/mol. The molecule has 0 aliphatic rings. The van der Waals surface area contributed by atoms with Crippen LogP contribution in [0.4, 0.5) is 4.79 Å². The lowest BCUT2D eigenvalue weighted by Gasteiger charge is -2.21. The van der Waals surface area contributed by atoms with E-state index < -0.39 is 18.2 Å². The molecule has 0 fully saturated rings. The number of carboxylic acids is 1. The third-order valence-corrected chi connectivity index (χ3v) is 6.71. The van der Waals surface area contributed by atoms with Crippen LogP contribution in [-0.2, 0) is 17.7 Å². The van der Waals surface area contributed by atoms with Crippen molar-refractivity contribution in [1.29, 1.82) is 0 Å². The van der Waals surface area contributed by atoms with Gasteiger partial charge in [-0.25, -0.2) is 14.6 Å². The van der Waals surface area contributed by atoms with Gasteiger partial charge in [-0.2, -0.15) is 0 Å². The molecule has 0 spiro atoms. The van der Waals surface area contributed by atoms with E-state index >= 15 is 0 Å². The van der Waals surface area contributed by atoms with E-state index in [9.17, 15) is 14.7 Å². The van der Waals surface area contributed by atoms with Gasteiger partial charge in [0.2, 0.25) is 0 Å². The number of alkyl carbamates (subject to hydrolysis) is 1. The van der Waals surface area contributed by atoms with Crippen LogP contribution in [0.15, 0.2) is 97.2 Å². The third kappa shape index (κ3) is 5.52. The number of imidazole rings is 1. The summed E-state index contributed by atoms with van der Waals surface area (Å²) in [5.74, 6) is -0.986. The van der Waals surface area contributed by atoms with E-state index in [1.807, 2.05) is 90.3 Å². The topological polar surface area (TPSA) is 92.9 Å². The van der Waals surface area contributed by atoms with E-state index in [-0.39, 0.29) is 5.56 Å². The first-order chi connectivity index (χ1) is 18.9. The number of ether oxygens (including phenoxy) is 1. The molecule has 2 heterocycles. The fraction of sp³-hybridized carbons (Fsp3) is 0.156. The molecule has 39 heavy (non-hydrogen) atoms. The summed E-state index contributed by atoms with van der Waals surface area (Å²) >= 11 is 0. The molecule has 7 nitrogen and oxygen atoms in total. The second-order valence-electron chi connectivity index (χ2n) is 9.32. The van der Waals surface area contributed by atoms with Crippen molar-refractivity contribution in [2.45, 2.75) is 32.9 Å². The zero-order valence-corrected chi connectivity index (χ0v) is 21.8. The van der Waals surface area contributed by atoms with E-state index in [0.717, 1.165) is 45.7 Å². The molecular formula is C32H29N3O4. The average molecular weight is 520 g/mol. The number of carboxylic acid groups (broad SMARTS) is 1. The van der Waals surface area contributed by atoms with Gasteiger partial charge in [0.1, 0.15) is 5.65 Å². The van der Waals surface area contributed by atoms with Gasteiger partial charge in [-0.05, 0) is 53.3 Å². The maximum Gasteiger partial charge on any atom is 0.408 e. The largest absolute Gasteiger partial charge is 0.478 e. The number of hydrogen-bond acceptors (Lipinski definition) is 4. The fourth-order valence-electron chi connectivity index (χ4n) is 4.63. The first-order valence-electron chi connectivity index (χ1n) is 12.8. The number of nitrogens with zero attached hydrogens (tertiary/aromatic N) is 2. The van der Waals surface area contributed by atoms with Crippen LogP contribution >= 0.6 is 0 Å². The van der Waals surface area contributed by atoms with Gasteiger partial charge in [-0.1, -0.05) is 85.8 Å². The number of nitrogens with one attached hydrogen (secondary N) is 1. The Morgan fingerprint density at radius 3 is 2.38 bits per heavy atom. The molecule has 0 aliphatic heterocycles. The molecule has 5 aromatic rings. The van der Waals surface area contributed by atoms with E-state index in [0.29, 0.717) is 12.1 Å². The lowest BCUT2D eigenvalue weighted by Crippen LogP contribution is -2.26. The van der Waals surface area contributed by atoms with Crippen LogP contribution in [0.1, 0.15) is 51.5 Å². The standard InChI is InChI=1S/C32H29N3O4/c1-3-25-20-35-28(18-13-21(2)30(35)34-25)29(39-32(38)33-19-22-9-5-4-6-10-22)24-16-14-23(15-17-24)26-11-7-8-12-27(26)31(36)37/h4-18,20,29H,3,19H2,1-2H3,(H,33,38)(H,36,37)/t29-/m1/s1. The molecule has 0 bridgehead atoms. The number of pyridine rings is 1. The number of rotatable bonds is 8. The number of hydrogen-bond donors (Lipinski definition) is 2. The molecule has 0 saturated heterocycles. The summed E-state index contributed by atoms with van der Waals surface area (Å²) in [6, 6.07) is 27.9. The predicted octanol–water partition coefficient (Wildman–Crippen LogP) is 6.59. The Bertz CT molecular complexity index is 1630. The minimum atomic E-state index is -0.986. The number of fused-ring (bicyclic) bond motifs is 1. The Kier molecular flexibility index (Phi) is 7.41. The smallest absolute Gasteiger partial charge is 0.408 e. The molecule has 0 aliphatic carbocycles. The first kappa shape index (κ1) is 25.7. The summed E-state index contributed by atoms with van der Waals surface area (Å²) in [6.07, 6.45) is 1.48. The Balaban J connectivity index is 1.52. The maximum atomic E-state index is 13.0. The van der Waals surface area contributed by atoms with Gasteiger partial charge >= 0.3 is 12.1 Å². The molecule has 7 heteroatoms. The Morgan fingerprint density at radius 2 is 1.67 bits per heavy atom. The van der Waals surface area contributed by atoms with E-state index in [1.165, 1.54) is 0 Å². The summed E-state index contributed by atoms with van der Waals surface area (Å²) in [7, 11) is 0. The van der Waals surface area contributed by atoms with Crippen molar-refractivity contribution in [3.05, 3.63) is 131 Å². The molecule has 3 aromatic carbocycles. The zero-order chi connectivity index (χ0) is 27.4. The van der Waals surface area contributed by atoms with Gasteiger partial charge in [0.25, 0.3) is 0 Å². The van der Waals surface area contributed by atoms with Crippen molar-refractivity contribution in [3.63, 3.8) is 0 Å². The second-order valence-corrected chi connectivity index (χ2v) is 9.32. The van der Waals surface area contributed by atoms with Gasteiger partial charge < -0.3 is 15.2 Å². The van der Waals surface area contributed by atoms with Crippen LogP contribution in [-0.4, -0.2) is 26.6 Å². The summed E-state index contributed by atoms with van der Waals surface area (Å²) in [5, 5.41) is 12.5. The Labute approximate surface area is 226 Å². The van der Waals surface area contributed by atoms with Gasteiger partial charge in [-0.3, -0.25) is 4.40 Å². The van der Waals surface area contributed by atoms with Crippen molar-refractivity contribution in [3.8, 4) is 11.1 Å². The SMILES string of the molecule is CCc1cn2c([C@H](OC(=O)NCc3ccccc3)c3ccc(-c4ccccc4C(=O)O)cc3)ccc(C)c2n1. The summed E-state index contributed by atoms with van der Waals surface area (Å²) in [6.45, 7) is 4.39. The van der Waals surface area contributed by atoms with Crippen molar-refractivity contribution < 1.29 is 19.4 Å². The number of aromatic nitrogens is 2. The minimum absolute atomic E-state index is 0.226. The third-order valence-electron chi connectivity index (χ3n) is 6.71. The Hall–Kier alpha value is -4.91. The number of aryl methyl sites for hydroxylation is 2. The first-order valence-corrected chi connectivity index (χ1v) is 12.8. The number of carbonyl (C=O) groups is 2. The van der Waals surface area contributed by atoms with Crippen molar-refractivity contribution >= 4 is 17.7 Å². The molecule has 2 aromatic heterocycles. The lowest BCUT2D eigenvalue weighted by molar-refractivity contribution is 0.0697. The number of carbonyl (C=O) groups excluding carboxylic acids is 1. The summed E-state index contributed by atoms with van der Waals surface area (Å²) < 4.78 is 8.03. The number of amides is 1. The van der Waals surface area contributed by atoms with Crippen LogP contribution in [0.3, 0.4) is 0 Å². The Morgan fingerprint density at radius 1 is 0.949 bits per heavy atom. The maximum absolute atomic E-state index is 13.0.